The fourth-order valence-electron chi connectivity index (χ4n) is 3.70. The highest BCUT2D eigenvalue weighted by Crippen LogP contribution is 2.50. The average molecular weight is 294 g/mol. The molecule has 0 aliphatic carbocycles. The molecular weight excluding hydrogens is 269 g/mol. The van der Waals surface area contributed by atoms with E-state index in [1.165, 1.54) is 0 Å². The number of benzene rings is 2. The zero-order valence-electron chi connectivity index (χ0n) is 13.5. The van der Waals surface area contributed by atoms with E-state index in [0.717, 1.165) is 37.1 Å². The summed E-state index contributed by atoms with van der Waals surface area (Å²) >= 11 is 0. The van der Waals surface area contributed by atoms with E-state index >= 15 is 0 Å². The van der Waals surface area contributed by atoms with Crippen molar-refractivity contribution in [3.05, 3.63) is 71.8 Å². The highest BCUT2D eigenvalue weighted by molar-refractivity contribution is 5.39. The molecular formula is C20H25NO. The molecule has 2 heteroatoms. The van der Waals surface area contributed by atoms with Crippen LogP contribution in [0, 0.1) is 5.41 Å². The maximum atomic E-state index is 11.9. The molecule has 2 nitrogen and oxygen atoms in total. The molecule has 1 N–H and O–H groups in total. The van der Waals surface area contributed by atoms with Crippen molar-refractivity contribution in [2.24, 2.45) is 5.41 Å². The molecule has 0 amide bonds. The van der Waals surface area contributed by atoms with Gasteiger partial charge in [-0.05, 0) is 44.1 Å². The van der Waals surface area contributed by atoms with Crippen molar-refractivity contribution in [1.29, 1.82) is 0 Å². The summed E-state index contributed by atoms with van der Waals surface area (Å²) in [4.78, 5) is 2.35. The van der Waals surface area contributed by atoms with Gasteiger partial charge >= 0.3 is 0 Å². The topological polar surface area (TPSA) is 23.5 Å². The molecule has 0 spiro atoms. The number of piperidine rings is 1. The highest BCUT2D eigenvalue weighted by atomic mass is 16.3. The first kappa shape index (κ1) is 15.3. The van der Waals surface area contributed by atoms with Crippen LogP contribution in [0.5, 0.6) is 0 Å². The van der Waals surface area contributed by atoms with Gasteiger partial charge in [0.1, 0.15) is 5.60 Å². The van der Waals surface area contributed by atoms with Gasteiger partial charge in [-0.25, -0.2) is 0 Å². The summed E-state index contributed by atoms with van der Waals surface area (Å²) in [7, 11) is 2.16. The maximum absolute atomic E-state index is 11.9. The van der Waals surface area contributed by atoms with E-state index in [4.69, 9.17) is 0 Å². The standard InChI is InChI=1S/C20H25NO/c1-19(13-15-21(2)16-14-19)20(22,17-9-5-3-6-10-17)18-11-7-4-8-12-18/h3-12,22H,13-16H2,1-2H3/i2-1. The van der Waals surface area contributed by atoms with Crippen LogP contribution < -0.4 is 0 Å². The molecule has 116 valence electrons. The van der Waals surface area contributed by atoms with Crippen LogP contribution in [0.15, 0.2) is 60.7 Å². The molecule has 22 heavy (non-hydrogen) atoms. The first-order valence-corrected chi connectivity index (χ1v) is 8.08. The fourth-order valence-corrected chi connectivity index (χ4v) is 3.70. The fraction of sp³-hybridized carbons (Fsp3) is 0.400. The molecule has 0 bridgehead atoms. The summed E-state index contributed by atoms with van der Waals surface area (Å²) in [6.45, 7) is 4.29. The van der Waals surface area contributed by atoms with Gasteiger partial charge in [-0.1, -0.05) is 67.6 Å². The molecule has 3 rings (SSSR count). The summed E-state index contributed by atoms with van der Waals surface area (Å²) in [5.41, 5.74) is 0.875. The third kappa shape index (κ3) is 2.47. The second-order valence-electron chi connectivity index (χ2n) is 6.81. The summed E-state index contributed by atoms with van der Waals surface area (Å²) < 4.78 is 0. The van der Waals surface area contributed by atoms with E-state index in [1.807, 2.05) is 36.4 Å². The smallest absolute Gasteiger partial charge is 0.120 e. The highest BCUT2D eigenvalue weighted by Gasteiger charge is 2.50. The summed E-state index contributed by atoms with van der Waals surface area (Å²) in [6, 6.07) is 20.3. The van der Waals surface area contributed by atoms with Gasteiger partial charge in [-0.3, -0.25) is 0 Å². The molecule has 0 radical (unpaired) electrons. The van der Waals surface area contributed by atoms with E-state index in [2.05, 4.69) is 43.1 Å². The van der Waals surface area contributed by atoms with Crippen LogP contribution in [0.3, 0.4) is 0 Å². The number of rotatable bonds is 3. The summed E-state index contributed by atoms with van der Waals surface area (Å²) in [5.74, 6) is 0. The van der Waals surface area contributed by atoms with E-state index in [9.17, 15) is 5.11 Å². The Kier molecular flexibility index (Phi) is 4.07. The Morgan fingerprint density at radius 1 is 0.864 bits per heavy atom. The SMILES string of the molecule is CC1(C(O)(c2ccccc2)c2ccccc2)CCN([11CH3])CC1. The van der Waals surface area contributed by atoms with Crippen LogP contribution >= 0.6 is 0 Å². The Hall–Kier alpha value is -1.64. The quantitative estimate of drug-likeness (QED) is 0.934. The Morgan fingerprint density at radius 3 is 1.68 bits per heavy atom. The van der Waals surface area contributed by atoms with Gasteiger partial charge in [0.25, 0.3) is 0 Å². The van der Waals surface area contributed by atoms with Gasteiger partial charge in [0.05, 0.1) is 0 Å². The molecule has 1 heterocycles. The lowest BCUT2D eigenvalue weighted by molar-refractivity contribution is -0.0773. The van der Waals surface area contributed by atoms with Crippen LogP contribution in [0.2, 0.25) is 0 Å². The molecule has 2 aromatic rings. The van der Waals surface area contributed by atoms with Crippen molar-refractivity contribution in [1.82, 2.24) is 4.90 Å². The summed E-state index contributed by atoms with van der Waals surface area (Å²) in [5, 5.41) is 11.9. The van der Waals surface area contributed by atoms with Crippen molar-refractivity contribution in [3.8, 4) is 0 Å². The molecule has 1 aliphatic rings. The van der Waals surface area contributed by atoms with Crippen LogP contribution in [0.4, 0.5) is 0 Å². The van der Waals surface area contributed by atoms with Crippen LogP contribution in [0.25, 0.3) is 0 Å². The number of hydrogen-bond donors (Lipinski definition) is 1. The minimum atomic E-state index is -0.948. The molecule has 1 fully saturated rings. The Labute approximate surface area is 133 Å². The minimum absolute atomic E-state index is 0.164. The largest absolute Gasteiger partial charge is 0.380 e. The van der Waals surface area contributed by atoms with Gasteiger partial charge in [-0.2, -0.15) is 0 Å². The Balaban J connectivity index is 2.12. The first-order valence-electron chi connectivity index (χ1n) is 8.08. The van der Waals surface area contributed by atoms with E-state index in [-0.39, 0.29) is 5.41 Å². The number of aliphatic hydroxyl groups is 1. The normalized spacial score (nSPS) is 19.0. The lowest BCUT2D eigenvalue weighted by atomic mass is 9.61. The van der Waals surface area contributed by atoms with E-state index in [0.29, 0.717) is 0 Å². The van der Waals surface area contributed by atoms with Gasteiger partial charge in [0, 0.05) is 5.41 Å². The van der Waals surface area contributed by atoms with Gasteiger partial charge in [-0.15, -0.1) is 0 Å². The van der Waals surface area contributed by atoms with Gasteiger partial charge in [0.2, 0.25) is 0 Å². The second kappa shape index (κ2) is 5.86. The van der Waals surface area contributed by atoms with Crippen LogP contribution in [-0.4, -0.2) is 30.1 Å². The van der Waals surface area contributed by atoms with Crippen molar-refractivity contribution in [2.75, 3.05) is 20.1 Å². The van der Waals surface area contributed by atoms with Gasteiger partial charge in [0.15, 0.2) is 0 Å². The Morgan fingerprint density at radius 2 is 1.27 bits per heavy atom. The average Bonchev–Trinajstić information content (AvgIpc) is 2.58. The molecule has 0 aromatic heterocycles. The Bertz CT molecular complexity index is 561. The summed E-state index contributed by atoms with van der Waals surface area (Å²) in [6.07, 6.45) is 1.98. The molecule has 1 aliphatic heterocycles. The van der Waals surface area contributed by atoms with Crippen LogP contribution in [0.1, 0.15) is 30.9 Å². The zero-order valence-corrected chi connectivity index (χ0v) is 13.5. The van der Waals surface area contributed by atoms with Crippen molar-refractivity contribution >= 4 is 0 Å². The third-order valence-corrected chi connectivity index (χ3v) is 5.35. The lowest BCUT2D eigenvalue weighted by Gasteiger charge is -2.49. The monoisotopic (exact) mass is 294 g/mol. The van der Waals surface area contributed by atoms with Crippen molar-refractivity contribution in [2.45, 2.75) is 25.4 Å². The maximum Gasteiger partial charge on any atom is 0.120 e. The number of nitrogens with zero attached hydrogens (tertiary/aromatic N) is 1. The number of hydrogen-bond acceptors (Lipinski definition) is 2. The second-order valence-corrected chi connectivity index (χ2v) is 6.81. The lowest BCUT2D eigenvalue weighted by Crippen LogP contribution is -2.50. The van der Waals surface area contributed by atoms with E-state index < -0.39 is 5.60 Å². The van der Waals surface area contributed by atoms with E-state index in [1.54, 1.807) is 0 Å². The molecule has 0 unspecified atom stereocenters. The predicted molar refractivity (Wildman–Crippen MR) is 90.7 cm³/mol. The molecule has 2 aromatic carbocycles. The van der Waals surface area contributed by atoms with Crippen molar-refractivity contribution in [3.63, 3.8) is 0 Å². The molecule has 1 saturated heterocycles. The molecule has 0 saturated carbocycles. The first-order chi connectivity index (χ1) is 10.6. The minimum Gasteiger partial charge on any atom is -0.380 e. The zero-order chi connectivity index (χ0) is 15.6. The van der Waals surface area contributed by atoms with Crippen molar-refractivity contribution < 1.29 is 5.11 Å². The van der Waals surface area contributed by atoms with Gasteiger partial charge < -0.3 is 10.0 Å². The third-order valence-electron chi connectivity index (χ3n) is 5.35. The predicted octanol–water partition coefficient (Wildman–Crippen LogP) is 3.65. The number of likely N-dealkylation sites (tertiary alicyclic amines) is 1. The molecule has 0 atom stereocenters. The van der Waals surface area contributed by atoms with Crippen LogP contribution in [-0.2, 0) is 5.60 Å².